The number of methoxy groups -OCH3 is 1. The molecule has 0 fully saturated rings. The summed E-state index contributed by atoms with van der Waals surface area (Å²) in [6.45, 7) is 7.70. The van der Waals surface area contributed by atoms with Crippen molar-refractivity contribution < 1.29 is 23.4 Å². The third kappa shape index (κ3) is 5.95. The standard InChI is InChI=1S/C34H33NO6/c1-21-17-22(33(37)41-34(2,3)4)7-14-27(21)32-28-15-10-24(18-30(28)40-31-19-25(36)11-16-29(31)32)35(5)23-8-12-26(13-9-23)39-20-38-6/h7-19H,20H2,1-6H3. The summed E-state index contributed by atoms with van der Waals surface area (Å²) in [7, 11) is 3.56. The average molecular weight is 552 g/mol. The first kappa shape index (κ1) is 27.9. The first-order valence-corrected chi connectivity index (χ1v) is 13.3. The Labute approximate surface area is 239 Å². The lowest BCUT2D eigenvalue weighted by molar-refractivity contribution is 0.00693. The van der Waals surface area contributed by atoms with Crippen molar-refractivity contribution in [1.82, 2.24) is 0 Å². The maximum atomic E-state index is 12.7. The topological polar surface area (TPSA) is 78.2 Å². The highest BCUT2D eigenvalue weighted by Crippen LogP contribution is 2.42. The molecule has 0 unspecified atom stereocenters. The van der Waals surface area contributed by atoms with Crippen LogP contribution in [0, 0.1) is 6.92 Å². The fourth-order valence-electron chi connectivity index (χ4n) is 4.81. The molecule has 3 aromatic carbocycles. The fraction of sp³-hybridized carbons (Fsp3) is 0.235. The van der Waals surface area contributed by atoms with Crippen LogP contribution < -0.4 is 15.1 Å². The van der Waals surface area contributed by atoms with Crippen LogP contribution in [-0.2, 0) is 9.47 Å². The summed E-state index contributed by atoms with van der Waals surface area (Å²) in [4.78, 5) is 27.0. The van der Waals surface area contributed by atoms with Crippen molar-refractivity contribution in [1.29, 1.82) is 0 Å². The summed E-state index contributed by atoms with van der Waals surface area (Å²) < 4.78 is 22.3. The Morgan fingerprint density at radius 3 is 2.27 bits per heavy atom. The van der Waals surface area contributed by atoms with Crippen LogP contribution in [0.15, 0.2) is 88.1 Å². The second-order valence-electron chi connectivity index (χ2n) is 11.0. The molecule has 0 saturated carbocycles. The van der Waals surface area contributed by atoms with Gasteiger partial charge >= 0.3 is 5.97 Å². The number of benzene rings is 4. The minimum atomic E-state index is -0.586. The number of rotatable bonds is 7. The highest BCUT2D eigenvalue weighted by molar-refractivity contribution is 6.04. The van der Waals surface area contributed by atoms with Gasteiger partial charge < -0.3 is 23.5 Å². The molecule has 0 amide bonds. The van der Waals surface area contributed by atoms with Crippen LogP contribution in [0.25, 0.3) is 33.4 Å². The Kier molecular flexibility index (Phi) is 7.56. The molecule has 7 nitrogen and oxygen atoms in total. The van der Waals surface area contributed by atoms with E-state index in [9.17, 15) is 9.59 Å². The normalized spacial score (nSPS) is 11.6. The number of anilines is 2. The van der Waals surface area contributed by atoms with Gasteiger partial charge in [-0.15, -0.1) is 0 Å². The van der Waals surface area contributed by atoms with E-state index in [0.29, 0.717) is 16.9 Å². The highest BCUT2D eigenvalue weighted by atomic mass is 16.7. The predicted octanol–water partition coefficient (Wildman–Crippen LogP) is 7.58. The van der Waals surface area contributed by atoms with Gasteiger partial charge in [0.1, 0.15) is 22.7 Å². The van der Waals surface area contributed by atoms with Gasteiger partial charge in [0.05, 0.1) is 5.56 Å². The van der Waals surface area contributed by atoms with Crippen LogP contribution in [0.4, 0.5) is 11.4 Å². The molecule has 1 heterocycles. The van der Waals surface area contributed by atoms with Crippen molar-refractivity contribution in [3.63, 3.8) is 0 Å². The van der Waals surface area contributed by atoms with Crippen LogP contribution in [0.1, 0.15) is 36.7 Å². The molecule has 0 saturated heterocycles. The average Bonchev–Trinajstić information content (AvgIpc) is 2.93. The van der Waals surface area contributed by atoms with E-state index in [0.717, 1.165) is 44.8 Å². The van der Waals surface area contributed by atoms with E-state index in [1.807, 2.05) is 94.2 Å². The molecule has 7 heteroatoms. The van der Waals surface area contributed by atoms with Crippen molar-refractivity contribution >= 4 is 28.3 Å². The van der Waals surface area contributed by atoms with Gasteiger partial charge in [-0.3, -0.25) is 4.79 Å². The zero-order chi connectivity index (χ0) is 29.3. The van der Waals surface area contributed by atoms with Crippen molar-refractivity contribution in [2.45, 2.75) is 33.3 Å². The number of ether oxygens (including phenoxy) is 3. The van der Waals surface area contributed by atoms with E-state index < -0.39 is 5.60 Å². The van der Waals surface area contributed by atoms with E-state index in [2.05, 4.69) is 0 Å². The van der Waals surface area contributed by atoms with Crippen LogP contribution in [0.5, 0.6) is 5.75 Å². The van der Waals surface area contributed by atoms with E-state index >= 15 is 0 Å². The van der Waals surface area contributed by atoms with Gasteiger partial charge in [-0.05, 0) is 99.5 Å². The molecule has 41 heavy (non-hydrogen) atoms. The van der Waals surface area contributed by atoms with Crippen molar-refractivity contribution in [2.75, 3.05) is 25.9 Å². The molecule has 1 aliphatic heterocycles. The molecule has 0 atom stereocenters. The van der Waals surface area contributed by atoms with Gasteiger partial charge in [-0.1, -0.05) is 6.07 Å². The molecule has 3 aromatic rings. The van der Waals surface area contributed by atoms with Crippen molar-refractivity contribution in [3.05, 3.63) is 100 Å². The minimum absolute atomic E-state index is 0.132. The zero-order valence-electron chi connectivity index (χ0n) is 24.1. The number of carbonyl (C=O) groups is 1. The molecule has 0 bridgehead atoms. The number of aryl methyl sites for hydroxylation is 1. The van der Waals surface area contributed by atoms with Gasteiger partial charge in [0, 0.05) is 54.2 Å². The van der Waals surface area contributed by atoms with Gasteiger partial charge in [0.15, 0.2) is 12.2 Å². The molecule has 0 spiro atoms. The predicted molar refractivity (Wildman–Crippen MR) is 161 cm³/mol. The van der Waals surface area contributed by atoms with Gasteiger partial charge in [-0.2, -0.15) is 0 Å². The van der Waals surface area contributed by atoms with Crippen LogP contribution >= 0.6 is 0 Å². The largest absolute Gasteiger partial charge is 0.468 e. The Morgan fingerprint density at radius 2 is 1.59 bits per heavy atom. The summed E-state index contributed by atoms with van der Waals surface area (Å²) in [5, 5.41) is 0.893. The molecule has 0 aromatic heterocycles. The smallest absolute Gasteiger partial charge is 0.338 e. The van der Waals surface area contributed by atoms with Gasteiger partial charge in [0.2, 0.25) is 0 Å². The summed E-state index contributed by atoms with van der Waals surface area (Å²) in [5.41, 5.74) is 5.88. The molecule has 2 aliphatic rings. The van der Waals surface area contributed by atoms with Crippen molar-refractivity contribution in [3.8, 4) is 28.2 Å². The van der Waals surface area contributed by atoms with Gasteiger partial charge in [0.25, 0.3) is 0 Å². The fourth-order valence-corrected chi connectivity index (χ4v) is 4.81. The highest BCUT2D eigenvalue weighted by Gasteiger charge is 2.22. The Balaban J connectivity index is 1.60. The maximum absolute atomic E-state index is 12.7. The van der Waals surface area contributed by atoms with E-state index in [1.165, 1.54) is 6.07 Å². The van der Waals surface area contributed by atoms with E-state index in [4.69, 9.17) is 18.6 Å². The second kappa shape index (κ2) is 11.1. The van der Waals surface area contributed by atoms with Crippen LogP contribution in [0.3, 0.4) is 0 Å². The molecule has 0 radical (unpaired) electrons. The molecular formula is C34H33NO6. The number of carbonyl (C=O) groups excluding carboxylic acids is 1. The summed E-state index contributed by atoms with van der Waals surface area (Å²) >= 11 is 0. The summed E-state index contributed by atoms with van der Waals surface area (Å²) in [6, 6.07) is 24.2. The van der Waals surface area contributed by atoms with Crippen LogP contribution in [0.2, 0.25) is 0 Å². The van der Waals surface area contributed by atoms with Gasteiger partial charge in [-0.25, -0.2) is 4.79 Å². The molecular weight excluding hydrogens is 518 g/mol. The van der Waals surface area contributed by atoms with E-state index in [1.54, 1.807) is 25.3 Å². The molecule has 1 aliphatic carbocycles. The number of hydrogen-bond acceptors (Lipinski definition) is 7. The molecule has 210 valence electrons. The number of esters is 1. The SMILES string of the molecule is COCOc1ccc(N(C)c2ccc3c(-c4ccc(C(=O)OC(C)(C)C)cc4C)c4ccc(=O)cc-4oc3c2)cc1. The molecule has 5 rings (SSSR count). The summed E-state index contributed by atoms with van der Waals surface area (Å²) in [5.74, 6) is 0.844. The second-order valence-corrected chi connectivity index (χ2v) is 11.0. The monoisotopic (exact) mass is 551 g/mol. The summed E-state index contributed by atoms with van der Waals surface area (Å²) in [6.07, 6.45) is 0. The number of nitrogens with zero attached hydrogens (tertiary/aromatic N) is 1. The lowest BCUT2D eigenvalue weighted by Gasteiger charge is -2.22. The van der Waals surface area contributed by atoms with E-state index in [-0.39, 0.29) is 18.2 Å². The zero-order valence-corrected chi connectivity index (χ0v) is 24.1. The first-order valence-electron chi connectivity index (χ1n) is 13.3. The Bertz CT molecular complexity index is 1750. The van der Waals surface area contributed by atoms with Crippen LogP contribution in [-0.4, -0.2) is 32.5 Å². The number of hydrogen-bond donors (Lipinski definition) is 0. The lowest BCUT2D eigenvalue weighted by atomic mass is 9.90. The van der Waals surface area contributed by atoms with Crippen molar-refractivity contribution in [2.24, 2.45) is 0 Å². The minimum Gasteiger partial charge on any atom is -0.468 e. The lowest BCUT2D eigenvalue weighted by Crippen LogP contribution is -2.23. The third-order valence-corrected chi connectivity index (χ3v) is 6.76. The first-order chi connectivity index (χ1) is 19.5. The Hall–Kier alpha value is -4.62. The number of fused-ring (bicyclic) bond motifs is 2. The molecule has 0 N–H and O–H groups in total. The third-order valence-electron chi connectivity index (χ3n) is 6.76. The maximum Gasteiger partial charge on any atom is 0.338 e. The Morgan fingerprint density at radius 1 is 0.878 bits per heavy atom. The quantitative estimate of drug-likeness (QED) is 0.117.